The summed E-state index contributed by atoms with van der Waals surface area (Å²) in [6.07, 6.45) is 3.86. The van der Waals surface area contributed by atoms with E-state index in [9.17, 15) is 0 Å². The van der Waals surface area contributed by atoms with Crippen molar-refractivity contribution in [2.24, 2.45) is 0 Å². The molecule has 0 atom stereocenters. The lowest BCUT2D eigenvalue weighted by molar-refractivity contribution is 0.517. The molecular formula is C13H21N5. The minimum Gasteiger partial charge on any atom is -0.311 e. The normalized spacial score (nSPS) is 11.3. The molecule has 0 aromatic carbocycles. The van der Waals surface area contributed by atoms with Gasteiger partial charge < -0.3 is 5.32 Å². The zero-order chi connectivity index (χ0) is 13.0. The topological polar surface area (TPSA) is 47.7 Å². The van der Waals surface area contributed by atoms with Crippen molar-refractivity contribution in [3.8, 4) is 0 Å². The number of rotatable bonds is 6. The summed E-state index contributed by atoms with van der Waals surface area (Å²) in [7, 11) is 0. The Labute approximate surface area is 108 Å². The summed E-state index contributed by atoms with van der Waals surface area (Å²) in [5, 5.41) is 12.2. The van der Waals surface area contributed by atoms with Gasteiger partial charge in [0.25, 0.3) is 0 Å². The van der Waals surface area contributed by atoms with Gasteiger partial charge in [0.15, 0.2) is 0 Å². The summed E-state index contributed by atoms with van der Waals surface area (Å²) in [6.45, 7) is 8.90. The van der Waals surface area contributed by atoms with Crippen LogP contribution in [0.2, 0.25) is 0 Å². The zero-order valence-corrected chi connectivity index (χ0v) is 11.3. The van der Waals surface area contributed by atoms with Gasteiger partial charge in [-0.25, -0.2) is 0 Å². The summed E-state index contributed by atoms with van der Waals surface area (Å²) >= 11 is 0. The molecule has 18 heavy (non-hydrogen) atoms. The van der Waals surface area contributed by atoms with Crippen molar-refractivity contribution in [2.75, 3.05) is 6.54 Å². The van der Waals surface area contributed by atoms with Gasteiger partial charge in [-0.2, -0.15) is 10.2 Å². The monoisotopic (exact) mass is 247 g/mol. The molecule has 0 saturated heterocycles. The third kappa shape index (κ3) is 2.98. The molecule has 0 amide bonds. The van der Waals surface area contributed by atoms with Crippen molar-refractivity contribution in [2.45, 2.75) is 39.9 Å². The molecule has 0 aliphatic rings. The van der Waals surface area contributed by atoms with E-state index in [0.29, 0.717) is 6.04 Å². The van der Waals surface area contributed by atoms with Crippen LogP contribution in [0.5, 0.6) is 0 Å². The van der Waals surface area contributed by atoms with Gasteiger partial charge in [-0.1, -0.05) is 6.92 Å². The Morgan fingerprint density at radius 3 is 2.83 bits per heavy atom. The van der Waals surface area contributed by atoms with Crippen molar-refractivity contribution in [1.29, 1.82) is 0 Å². The van der Waals surface area contributed by atoms with Crippen LogP contribution in [0.15, 0.2) is 24.5 Å². The molecule has 0 radical (unpaired) electrons. The molecule has 98 valence electrons. The zero-order valence-electron chi connectivity index (χ0n) is 11.3. The summed E-state index contributed by atoms with van der Waals surface area (Å²) in [5.41, 5.74) is 2.24. The van der Waals surface area contributed by atoms with E-state index >= 15 is 0 Å². The molecule has 1 N–H and O–H groups in total. The Bertz CT molecular complexity index is 483. The quantitative estimate of drug-likeness (QED) is 0.847. The fourth-order valence-electron chi connectivity index (χ4n) is 1.81. The maximum absolute atomic E-state index is 4.54. The van der Waals surface area contributed by atoms with Crippen LogP contribution in [0.3, 0.4) is 0 Å². The Balaban J connectivity index is 2.06. The predicted octanol–water partition coefficient (Wildman–Crippen LogP) is 1.82. The molecule has 2 heterocycles. The molecule has 0 aliphatic heterocycles. The van der Waals surface area contributed by atoms with Crippen molar-refractivity contribution in [3.05, 3.63) is 35.9 Å². The summed E-state index contributed by atoms with van der Waals surface area (Å²) in [5.74, 6) is 0. The molecule has 2 aromatic rings. The lowest BCUT2D eigenvalue weighted by Crippen LogP contribution is -2.16. The molecular weight excluding hydrogens is 226 g/mol. The van der Waals surface area contributed by atoms with E-state index in [0.717, 1.165) is 25.3 Å². The lowest BCUT2D eigenvalue weighted by atomic mass is 10.4. The van der Waals surface area contributed by atoms with Gasteiger partial charge >= 0.3 is 0 Å². The summed E-state index contributed by atoms with van der Waals surface area (Å²) < 4.78 is 3.97. The van der Waals surface area contributed by atoms with Gasteiger partial charge in [-0.15, -0.1) is 0 Å². The van der Waals surface area contributed by atoms with Gasteiger partial charge in [0.1, 0.15) is 0 Å². The first-order valence-corrected chi connectivity index (χ1v) is 6.46. The molecule has 2 aromatic heterocycles. The van der Waals surface area contributed by atoms with Crippen molar-refractivity contribution < 1.29 is 0 Å². The first-order valence-electron chi connectivity index (χ1n) is 6.46. The predicted molar refractivity (Wildman–Crippen MR) is 71.3 cm³/mol. The van der Waals surface area contributed by atoms with Crippen LogP contribution in [0.4, 0.5) is 0 Å². The van der Waals surface area contributed by atoms with Gasteiger partial charge in [0.05, 0.1) is 17.9 Å². The Morgan fingerprint density at radius 1 is 1.33 bits per heavy atom. The second kappa shape index (κ2) is 5.82. The molecule has 5 heteroatoms. The number of aromatic nitrogens is 4. The van der Waals surface area contributed by atoms with Gasteiger partial charge in [-0.3, -0.25) is 9.36 Å². The Morgan fingerprint density at radius 2 is 2.17 bits per heavy atom. The fourth-order valence-corrected chi connectivity index (χ4v) is 1.81. The van der Waals surface area contributed by atoms with E-state index in [1.165, 1.54) is 5.69 Å². The molecule has 2 rings (SSSR count). The number of hydrogen-bond acceptors (Lipinski definition) is 3. The number of nitrogens with zero attached hydrogens (tertiary/aromatic N) is 4. The van der Waals surface area contributed by atoms with Crippen LogP contribution in [0.25, 0.3) is 0 Å². The van der Waals surface area contributed by atoms with Crippen LogP contribution < -0.4 is 5.32 Å². The fraction of sp³-hybridized carbons (Fsp3) is 0.538. The average Bonchev–Trinajstić information content (AvgIpc) is 2.96. The molecule has 5 nitrogen and oxygen atoms in total. The minimum atomic E-state index is 0.401. The molecule has 0 aliphatic carbocycles. The maximum atomic E-state index is 4.54. The highest BCUT2D eigenvalue weighted by Gasteiger charge is 2.06. The van der Waals surface area contributed by atoms with E-state index in [-0.39, 0.29) is 0 Å². The van der Waals surface area contributed by atoms with Crippen molar-refractivity contribution in [1.82, 2.24) is 24.9 Å². The van der Waals surface area contributed by atoms with Crippen LogP contribution in [-0.4, -0.2) is 26.1 Å². The van der Waals surface area contributed by atoms with E-state index < -0.39 is 0 Å². The third-order valence-electron chi connectivity index (χ3n) is 2.87. The smallest absolute Gasteiger partial charge is 0.0853 e. The van der Waals surface area contributed by atoms with E-state index in [1.807, 2.05) is 27.8 Å². The third-order valence-corrected chi connectivity index (χ3v) is 2.87. The Kier molecular flexibility index (Phi) is 4.15. The van der Waals surface area contributed by atoms with E-state index in [2.05, 4.69) is 42.4 Å². The standard InChI is InChI=1S/C13H21N5/c1-4-14-9-13-5-7-15-18(13)10-12-6-8-17(16-12)11(2)3/h5-8,11,14H,4,9-10H2,1-3H3. The van der Waals surface area contributed by atoms with Crippen LogP contribution in [-0.2, 0) is 13.1 Å². The van der Waals surface area contributed by atoms with Crippen LogP contribution >= 0.6 is 0 Å². The first kappa shape index (κ1) is 12.8. The van der Waals surface area contributed by atoms with Gasteiger partial charge in [0.2, 0.25) is 0 Å². The highest BCUT2D eigenvalue weighted by molar-refractivity contribution is 5.05. The second-order valence-electron chi connectivity index (χ2n) is 4.64. The maximum Gasteiger partial charge on any atom is 0.0853 e. The van der Waals surface area contributed by atoms with Crippen LogP contribution in [0, 0.1) is 0 Å². The molecule has 0 fully saturated rings. The highest BCUT2D eigenvalue weighted by Crippen LogP contribution is 2.07. The van der Waals surface area contributed by atoms with Crippen molar-refractivity contribution >= 4 is 0 Å². The highest BCUT2D eigenvalue weighted by atomic mass is 15.3. The van der Waals surface area contributed by atoms with Gasteiger partial charge in [0, 0.05) is 25.0 Å². The van der Waals surface area contributed by atoms with E-state index in [1.54, 1.807) is 0 Å². The van der Waals surface area contributed by atoms with Gasteiger partial charge in [-0.05, 0) is 32.5 Å². The minimum absolute atomic E-state index is 0.401. The number of nitrogens with one attached hydrogen (secondary N) is 1. The Hall–Kier alpha value is -1.62. The molecule has 0 spiro atoms. The average molecular weight is 247 g/mol. The second-order valence-corrected chi connectivity index (χ2v) is 4.64. The molecule has 0 bridgehead atoms. The molecule has 0 saturated carbocycles. The molecule has 0 unspecified atom stereocenters. The largest absolute Gasteiger partial charge is 0.311 e. The SMILES string of the molecule is CCNCc1ccnn1Cc1ccn(C(C)C)n1. The van der Waals surface area contributed by atoms with Crippen molar-refractivity contribution in [3.63, 3.8) is 0 Å². The van der Waals surface area contributed by atoms with Crippen LogP contribution in [0.1, 0.15) is 38.2 Å². The summed E-state index contributed by atoms with van der Waals surface area (Å²) in [4.78, 5) is 0. The van der Waals surface area contributed by atoms with E-state index in [4.69, 9.17) is 0 Å². The number of hydrogen-bond donors (Lipinski definition) is 1. The lowest BCUT2D eigenvalue weighted by Gasteiger charge is -2.07. The first-order chi connectivity index (χ1) is 8.70. The summed E-state index contributed by atoms with van der Waals surface area (Å²) in [6, 6.07) is 4.50.